The van der Waals surface area contributed by atoms with Gasteiger partial charge in [-0.05, 0) is 53.7 Å². The second-order valence-corrected chi connectivity index (χ2v) is 14.5. The van der Waals surface area contributed by atoms with Crippen molar-refractivity contribution in [3.05, 3.63) is 28.0 Å². The van der Waals surface area contributed by atoms with Crippen LogP contribution in [0.1, 0.15) is 37.6 Å². The standard InChI is InChI=1S/C19H29BrN4O2Si/c1-5-15-14(20)9-10-16(21-15)19-17(12-26-18-8-6-7-11-25-18)24(23-22-19)13-27(2,3)4/h9-10,18H,5-8,11-13H2,1-4H3. The third-order valence-electron chi connectivity index (χ3n) is 4.50. The van der Waals surface area contributed by atoms with E-state index in [1.54, 1.807) is 0 Å². The average Bonchev–Trinajstić information content (AvgIpc) is 3.02. The maximum absolute atomic E-state index is 6.08. The number of pyridine rings is 1. The van der Waals surface area contributed by atoms with Gasteiger partial charge in [-0.15, -0.1) is 5.10 Å². The first-order chi connectivity index (χ1) is 12.9. The molecule has 2 aromatic heterocycles. The van der Waals surface area contributed by atoms with Gasteiger partial charge in [-0.1, -0.05) is 31.8 Å². The van der Waals surface area contributed by atoms with Gasteiger partial charge in [-0.2, -0.15) is 0 Å². The van der Waals surface area contributed by atoms with Crippen LogP contribution in [-0.2, 0) is 28.7 Å². The molecule has 0 spiro atoms. The Labute approximate surface area is 170 Å². The van der Waals surface area contributed by atoms with Crippen molar-refractivity contribution >= 4 is 24.0 Å². The zero-order valence-electron chi connectivity index (χ0n) is 16.7. The van der Waals surface area contributed by atoms with Crippen LogP contribution in [0.25, 0.3) is 11.4 Å². The molecule has 2 aromatic rings. The van der Waals surface area contributed by atoms with E-state index in [4.69, 9.17) is 14.5 Å². The molecule has 0 aliphatic carbocycles. The summed E-state index contributed by atoms with van der Waals surface area (Å²) in [7, 11) is -1.37. The first-order valence-corrected chi connectivity index (χ1v) is 14.2. The summed E-state index contributed by atoms with van der Waals surface area (Å²) in [4.78, 5) is 4.79. The van der Waals surface area contributed by atoms with E-state index in [-0.39, 0.29) is 6.29 Å². The number of rotatable bonds is 7. The smallest absolute Gasteiger partial charge is 0.158 e. The molecule has 0 N–H and O–H groups in total. The molecule has 3 heterocycles. The van der Waals surface area contributed by atoms with Crippen LogP contribution in [-0.4, -0.2) is 40.9 Å². The first kappa shape index (κ1) is 20.6. The first-order valence-electron chi connectivity index (χ1n) is 9.69. The molecule has 1 aliphatic rings. The predicted octanol–water partition coefficient (Wildman–Crippen LogP) is 4.59. The quantitative estimate of drug-likeness (QED) is 0.574. The van der Waals surface area contributed by atoms with Crippen LogP contribution in [0.5, 0.6) is 0 Å². The fraction of sp³-hybridized carbons (Fsp3) is 0.632. The lowest BCUT2D eigenvalue weighted by Crippen LogP contribution is -2.30. The number of hydrogen-bond acceptors (Lipinski definition) is 5. The summed E-state index contributed by atoms with van der Waals surface area (Å²) < 4.78 is 14.8. The predicted molar refractivity (Wildman–Crippen MR) is 112 cm³/mol. The second-order valence-electron chi connectivity index (χ2n) is 8.19. The molecule has 0 aromatic carbocycles. The highest BCUT2D eigenvalue weighted by Crippen LogP contribution is 2.26. The van der Waals surface area contributed by atoms with Crippen molar-refractivity contribution in [2.75, 3.05) is 6.61 Å². The number of halogens is 1. The molecule has 148 valence electrons. The summed E-state index contributed by atoms with van der Waals surface area (Å²) in [6, 6.07) is 4.03. The molecule has 0 radical (unpaired) electrons. The molecule has 0 bridgehead atoms. The van der Waals surface area contributed by atoms with E-state index in [9.17, 15) is 0 Å². The lowest BCUT2D eigenvalue weighted by Gasteiger charge is -2.23. The number of aryl methyl sites for hydroxylation is 1. The van der Waals surface area contributed by atoms with Crippen LogP contribution in [0.3, 0.4) is 0 Å². The normalized spacial score (nSPS) is 18.0. The second kappa shape index (κ2) is 8.94. The minimum absolute atomic E-state index is 0.133. The van der Waals surface area contributed by atoms with Gasteiger partial charge >= 0.3 is 0 Å². The van der Waals surface area contributed by atoms with E-state index in [2.05, 4.69) is 52.8 Å². The molecule has 3 rings (SSSR count). The SMILES string of the molecule is CCc1nc(-c2nnn(C[Si](C)(C)C)c2COC2CCCCO2)ccc1Br. The maximum Gasteiger partial charge on any atom is 0.158 e. The van der Waals surface area contributed by atoms with Crippen LogP contribution >= 0.6 is 15.9 Å². The molecule has 1 atom stereocenters. The zero-order valence-corrected chi connectivity index (χ0v) is 19.3. The Bertz CT molecular complexity index is 770. The van der Waals surface area contributed by atoms with Crippen molar-refractivity contribution in [2.45, 2.75) is 71.3 Å². The molecule has 0 saturated carbocycles. The minimum Gasteiger partial charge on any atom is -0.353 e. The van der Waals surface area contributed by atoms with E-state index in [0.717, 1.165) is 65.7 Å². The Morgan fingerprint density at radius 2 is 2.11 bits per heavy atom. The van der Waals surface area contributed by atoms with E-state index in [1.165, 1.54) is 0 Å². The highest BCUT2D eigenvalue weighted by Gasteiger charge is 2.23. The summed E-state index contributed by atoms with van der Waals surface area (Å²) in [5, 5.41) is 8.92. The van der Waals surface area contributed by atoms with Gasteiger partial charge in [-0.25, -0.2) is 9.67 Å². The molecule has 27 heavy (non-hydrogen) atoms. The molecule has 1 aliphatic heterocycles. The van der Waals surface area contributed by atoms with Gasteiger partial charge in [0.25, 0.3) is 0 Å². The van der Waals surface area contributed by atoms with Gasteiger partial charge in [0.1, 0.15) is 5.69 Å². The Morgan fingerprint density at radius 1 is 1.30 bits per heavy atom. The molecule has 0 amide bonds. The number of nitrogens with zero attached hydrogens (tertiary/aromatic N) is 4. The summed E-state index contributed by atoms with van der Waals surface area (Å²) >= 11 is 3.57. The minimum atomic E-state index is -1.37. The van der Waals surface area contributed by atoms with Gasteiger partial charge in [0.2, 0.25) is 0 Å². The number of aromatic nitrogens is 4. The molecule has 1 fully saturated rings. The maximum atomic E-state index is 6.08. The van der Waals surface area contributed by atoms with Crippen LogP contribution < -0.4 is 0 Å². The fourth-order valence-corrected chi connectivity index (χ4v) is 4.78. The molecule has 8 heteroatoms. The summed E-state index contributed by atoms with van der Waals surface area (Å²) in [5.74, 6) is 0. The van der Waals surface area contributed by atoms with Crippen molar-refractivity contribution in [2.24, 2.45) is 0 Å². The summed E-state index contributed by atoms with van der Waals surface area (Å²) in [6.07, 6.45) is 4.84. The van der Waals surface area contributed by atoms with Crippen LogP contribution in [0, 0.1) is 0 Å². The third kappa shape index (κ3) is 5.46. The average molecular weight is 453 g/mol. The van der Waals surface area contributed by atoms with Gasteiger partial charge in [0, 0.05) is 17.2 Å². The highest BCUT2D eigenvalue weighted by molar-refractivity contribution is 9.10. The lowest BCUT2D eigenvalue weighted by molar-refractivity contribution is -0.169. The van der Waals surface area contributed by atoms with Crippen molar-refractivity contribution in [1.29, 1.82) is 0 Å². The van der Waals surface area contributed by atoms with E-state index in [1.807, 2.05) is 16.8 Å². The number of ether oxygens (including phenoxy) is 2. The van der Waals surface area contributed by atoms with Crippen molar-refractivity contribution in [1.82, 2.24) is 20.0 Å². The largest absolute Gasteiger partial charge is 0.353 e. The van der Waals surface area contributed by atoms with E-state index in [0.29, 0.717) is 6.61 Å². The molecular weight excluding hydrogens is 424 g/mol. The zero-order chi connectivity index (χ0) is 19.4. The lowest BCUT2D eigenvalue weighted by atomic mass is 10.2. The van der Waals surface area contributed by atoms with Crippen LogP contribution in [0.15, 0.2) is 16.6 Å². The molecular formula is C19H29BrN4O2Si. The topological polar surface area (TPSA) is 62.1 Å². The number of hydrogen-bond donors (Lipinski definition) is 0. The Balaban J connectivity index is 1.90. The summed E-state index contributed by atoms with van der Waals surface area (Å²) in [5.41, 5.74) is 3.67. The van der Waals surface area contributed by atoms with Crippen molar-refractivity contribution < 1.29 is 9.47 Å². The molecule has 6 nitrogen and oxygen atoms in total. The third-order valence-corrected chi connectivity index (χ3v) is 6.47. The molecule has 1 saturated heterocycles. The van der Waals surface area contributed by atoms with Gasteiger partial charge in [0.15, 0.2) is 6.29 Å². The Kier molecular flexibility index (Phi) is 6.83. The van der Waals surface area contributed by atoms with Crippen molar-refractivity contribution in [3.63, 3.8) is 0 Å². The Hall–Kier alpha value is -1.09. The van der Waals surface area contributed by atoms with Gasteiger partial charge in [-0.3, -0.25) is 0 Å². The van der Waals surface area contributed by atoms with Crippen molar-refractivity contribution in [3.8, 4) is 11.4 Å². The van der Waals surface area contributed by atoms with E-state index < -0.39 is 8.07 Å². The van der Waals surface area contributed by atoms with Crippen LogP contribution in [0.4, 0.5) is 0 Å². The van der Waals surface area contributed by atoms with Gasteiger partial charge in [0.05, 0.1) is 31.8 Å². The molecule has 1 unspecified atom stereocenters. The Morgan fingerprint density at radius 3 is 2.78 bits per heavy atom. The fourth-order valence-electron chi connectivity index (χ4n) is 3.13. The van der Waals surface area contributed by atoms with Gasteiger partial charge < -0.3 is 9.47 Å². The summed E-state index contributed by atoms with van der Waals surface area (Å²) in [6.45, 7) is 10.3. The van der Waals surface area contributed by atoms with Crippen LogP contribution in [0.2, 0.25) is 19.6 Å². The monoisotopic (exact) mass is 452 g/mol. The van der Waals surface area contributed by atoms with E-state index >= 15 is 0 Å². The highest BCUT2D eigenvalue weighted by atomic mass is 79.9.